The lowest BCUT2D eigenvalue weighted by Gasteiger charge is -2.46. The Kier molecular flexibility index (Phi) is 4.56. The van der Waals surface area contributed by atoms with Crippen LogP contribution in [0, 0.1) is 6.92 Å². The summed E-state index contributed by atoms with van der Waals surface area (Å²) in [5, 5.41) is 3.84. The van der Waals surface area contributed by atoms with Crippen molar-refractivity contribution < 1.29 is 22.7 Å². The molecule has 2 saturated heterocycles. The number of rotatable bonds is 2. The number of likely N-dealkylation sites (tertiary alicyclic amines) is 1. The van der Waals surface area contributed by atoms with Crippen LogP contribution in [0.15, 0.2) is 6.20 Å². The SMILES string of the molecule is Cc1nn(CC(F)(F)F)cc1C(=O)N1CCOC2CCN(C)CC21. The van der Waals surface area contributed by atoms with Crippen LogP contribution in [0.5, 0.6) is 0 Å². The summed E-state index contributed by atoms with van der Waals surface area (Å²) in [5.41, 5.74) is 0.546. The summed E-state index contributed by atoms with van der Waals surface area (Å²) in [6, 6.07) is -0.0737. The highest BCUT2D eigenvalue weighted by Crippen LogP contribution is 2.25. The molecule has 24 heavy (non-hydrogen) atoms. The third-order valence-corrected chi connectivity index (χ3v) is 4.57. The van der Waals surface area contributed by atoms with Crippen LogP contribution in [0.3, 0.4) is 0 Å². The van der Waals surface area contributed by atoms with Crippen molar-refractivity contribution in [2.75, 3.05) is 33.3 Å². The van der Waals surface area contributed by atoms with Crippen molar-refractivity contribution in [3.05, 3.63) is 17.5 Å². The number of hydrogen-bond donors (Lipinski definition) is 0. The van der Waals surface area contributed by atoms with Gasteiger partial charge < -0.3 is 14.5 Å². The Bertz CT molecular complexity index is 616. The van der Waals surface area contributed by atoms with Gasteiger partial charge in [0.2, 0.25) is 0 Å². The minimum Gasteiger partial charge on any atom is -0.374 e. The Labute approximate surface area is 138 Å². The Morgan fingerprint density at radius 3 is 2.88 bits per heavy atom. The van der Waals surface area contributed by atoms with E-state index in [-0.39, 0.29) is 23.6 Å². The predicted molar refractivity (Wildman–Crippen MR) is 79.7 cm³/mol. The molecular formula is C15H21F3N4O2. The molecule has 3 rings (SSSR count). The topological polar surface area (TPSA) is 50.6 Å². The average molecular weight is 346 g/mol. The van der Waals surface area contributed by atoms with Gasteiger partial charge in [0.1, 0.15) is 6.54 Å². The van der Waals surface area contributed by atoms with E-state index in [0.717, 1.165) is 17.6 Å². The van der Waals surface area contributed by atoms with Crippen LogP contribution < -0.4 is 0 Å². The van der Waals surface area contributed by atoms with Gasteiger partial charge >= 0.3 is 6.18 Å². The number of amides is 1. The van der Waals surface area contributed by atoms with Crippen molar-refractivity contribution >= 4 is 5.91 Å². The fourth-order valence-corrected chi connectivity index (χ4v) is 3.43. The van der Waals surface area contributed by atoms with E-state index in [1.54, 1.807) is 11.8 Å². The summed E-state index contributed by atoms with van der Waals surface area (Å²) < 4.78 is 44.1. The molecule has 2 atom stereocenters. The van der Waals surface area contributed by atoms with Gasteiger partial charge in [0.15, 0.2) is 0 Å². The molecule has 1 amide bonds. The van der Waals surface area contributed by atoms with Crippen LogP contribution in [0.1, 0.15) is 22.5 Å². The second-order valence-electron chi connectivity index (χ2n) is 6.47. The second-order valence-corrected chi connectivity index (χ2v) is 6.47. The van der Waals surface area contributed by atoms with E-state index in [0.29, 0.717) is 25.4 Å². The van der Waals surface area contributed by atoms with E-state index in [4.69, 9.17) is 4.74 Å². The monoisotopic (exact) mass is 346 g/mol. The van der Waals surface area contributed by atoms with E-state index in [9.17, 15) is 18.0 Å². The second kappa shape index (κ2) is 6.36. The number of aryl methyl sites for hydroxylation is 1. The summed E-state index contributed by atoms with van der Waals surface area (Å²) in [6.07, 6.45) is -2.33. The Balaban J connectivity index is 1.80. The van der Waals surface area contributed by atoms with Gasteiger partial charge in [-0.25, -0.2) is 0 Å². The minimum absolute atomic E-state index is 0.00979. The summed E-state index contributed by atoms with van der Waals surface area (Å²) >= 11 is 0. The van der Waals surface area contributed by atoms with Crippen LogP contribution >= 0.6 is 0 Å². The molecule has 2 aliphatic rings. The number of carbonyl (C=O) groups is 1. The lowest BCUT2D eigenvalue weighted by molar-refractivity contribution is -0.142. The minimum atomic E-state index is -4.37. The number of halogens is 3. The largest absolute Gasteiger partial charge is 0.408 e. The first-order chi connectivity index (χ1) is 11.2. The van der Waals surface area contributed by atoms with E-state index >= 15 is 0 Å². The molecule has 9 heteroatoms. The molecule has 3 heterocycles. The fraction of sp³-hybridized carbons (Fsp3) is 0.733. The van der Waals surface area contributed by atoms with Gasteiger partial charge in [0, 0.05) is 25.8 Å². The van der Waals surface area contributed by atoms with Crippen LogP contribution in [-0.2, 0) is 11.3 Å². The summed E-state index contributed by atoms with van der Waals surface area (Å²) in [7, 11) is 1.99. The number of ether oxygens (including phenoxy) is 1. The fourth-order valence-electron chi connectivity index (χ4n) is 3.43. The number of carbonyl (C=O) groups excluding carboxylic acids is 1. The van der Waals surface area contributed by atoms with Crippen molar-refractivity contribution in [1.29, 1.82) is 0 Å². The van der Waals surface area contributed by atoms with Crippen molar-refractivity contribution in [3.8, 4) is 0 Å². The van der Waals surface area contributed by atoms with Gasteiger partial charge in [-0.1, -0.05) is 0 Å². The zero-order valence-electron chi connectivity index (χ0n) is 13.7. The highest BCUT2D eigenvalue weighted by atomic mass is 19.4. The summed E-state index contributed by atoms with van der Waals surface area (Å²) in [4.78, 5) is 16.7. The molecule has 2 aliphatic heterocycles. The molecule has 0 N–H and O–H groups in total. The molecule has 0 saturated carbocycles. The standard InChI is InChI=1S/C15H21F3N4O2/c1-10-11(7-21(19-10)9-15(16,17)18)14(23)22-5-6-24-13-3-4-20(2)8-12(13)22/h7,12-13H,3-6,8-9H2,1-2H3. The smallest absolute Gasteiger partial charge is 0.374 e. The molecule has 134 valence electrons. The zero-order chi connectivity index (χ0) is 17.5. The zero-order valence-corrected chi connectivity index (χ0v) is 13.7. The van der Waals surface area contributed by atoms with Crippen molar-refractivity contribution in [1.82, 2.24) is 19.6 Å². The van der Waals surface area contributed by atoms with Gasteiger partial charge in [-0.3, -0.25) is 9.48 Å². The molecule has 0 bridgehead atoms. The average Bonchev–Trinajstić information content (AvgIpc) is 2.84. The van der Waals surface area contributed by atoms with Gasteiger partial charge in [0.25, 0.3) is 5.91 Å². The van der Waals surface area contributed by atoms with E-state index in [1.807, 2.05) is 7.05 Å². The summed E-state index contributed by atoms with van der Waals surface area (Å²) in [5.74, 6) is -0.269. The Morgan fingerprint density at radius 1 is 1.42 bits per heavy atom. The van der Waals surface area contributed by atoms with E-state index in [1.165, 1.54) is 6.20 Å². The van der Waals surface area contributed by atoms with E-state index in [2.05, 4.69) is 10.00 Å². The molecule has 0 aliphatic carbocycles. The van der Waals surface area contributed by atoms with Crippen LogP contribution in [0.25, 0.3) is 0 Å². The number of nitrogens with zero attached hydrogens (tertiary/aromatic N) is 4. The number of alkyl halides is 3. The van der Waals surface area contributed by atoms with Crippen LogP contribution in [-0.4, -0.2) is 77.1 Å². The maximum absolute atomic E-state index is 12.9. The quantitative estimate of drug-likeness (QED) is 0.810. The molecule has 6 nitrogen and oxygen atoms in total. The Morgan fingerprint density at radius 2 is 2.17 bits per heavy atom. The first-order valence-electron chi connectivity index (χ1n) is 7.96. The molecule has 2 unspecified atom stereocenters. The van der Waals surface area contributed by atoms with Crippen molar-refractivity contribution in [2.24, 2.45) is 0 Å². The molecule has 0 aromatic carbocycles. The molecule has 0 radical (unpaired) electrons. The number of aromatic nitrogens is 2. The number of piperidine rings is 1. The molecule has 0 spiro atoms. The highest BCUT2D eigenvalue weighted by molar-refractivity contribution is 5.95. The Hall–Kier alpha value is -1.61. The number of fused-ring (bicyclic) bond motifs is 1. The highest BCUT2D eigenvalue weighted by Gasteiger charge is 2.39. The molecular weight excluding hydrogens is 325 g/mol. The lowest BCUT2D eigenvalue weighted by Crippen LogP contribution is -2.60. The van der Waals surface area contributed by atoms with Gasteiger partial charge in [-0.2, -0.15) is 18.3 Å². The maximum Gasteiger partial charge on any atom is 0.408 e. The van der Waals surface area contributed by atoms with E-state index < -0.39 is 12.7 Å². The first kappa shape index (κ1) is 17.2. The van der Waals surface area contributed by atoms with Gasteiger partial charge in [-0.05, 0) is 20.4 Å². The predicted octanol–water partition coefficient (Wildman–Crippen LogP) is 1.30. The van der Waals surface area contributed by atoms with Crippen molar-refractivity contribution in [3.63, 3.8) is 0 Å². The van der Waals surface area contributed by atoms with Crippen LogP contribution in [0.2, 0.25) is 0 Å². The first-order valence-corrected chi connectivity index (χ1v) is 7.96. The third-order valence-electron chi connectivity index (χ3n) is 4.57. The lowest BCUT2D eigenvalue weighted by atomic mass is 9.98. The normalized spacial score (nSPS) is 25.6. The molecule has 1 aromatic heterocycles. The number of morpholine rings is 1. The van der Waals surface area contributed by atoms with Gasteiger partial charge in [0.05, 0.1) is 30.0 Å². The molecule has 1 aromatic rings. The third kappa shape index (κ3) is 3.56. The summed E-state index contributed by atoms with van der Waals surface area (Å²) in [6.45, 7) is 2.87. The van der Waals surface area contributed by atoms with Crippen LogP contribution in [0.4, 0.5) is 13.2 Å². The molecule has 2 fully saturated rings. The maximum atomic E-state index is 12.9. The number of hydrogen-bond acceptors (Lipinski definition) is 4. The van der Waals surface area contributed by atoms with Crippen molar-refractivity contribution in [2.45, 2.75) is 38.2 Å². The van der Waals surface area contributed by atoms with Gasteiger partial charge in [-0.15, -0.1) is 0 Å². The number of likely N-dealkylation sites (N-methyl/N-ethyl adjacent to an activating group) is 1.